The normalized spacial score (nSPS) is 11.5. The highest BCUT2D eigenvalue weighted by atomic mass is 32.2. The smallest absolute Gasteiger partial charge is 0.313 e. The van der Waals surface area contributed by atoms with Crippen LogP contribution >= 0.6 is 11.9 Å². The van der Waals surface area contributed by atoms with Crippen molar-refractivity contribution in [3.05, 3.63) is 65.9 Å². The number of anilines is 1. The second kappa shape index (κ2) is 7.39. The Balaban J connectivity index is 2.15. The number of amides is 1. The lowest BCUT2D eigenvalue weighted by atomic mass is 10.1. The van der Waals surface area contributed by atoms with Gasteiger partial charge in [-0.2, -0.15) is 0 Å². The number of hydroxylamine groups is 1. The van der Waals surface area contributed by atoms with Gasteiger partial charge in [0.15, 0.2) is 5.76 Å². The molecule has 0 spiro atoms. The molecule has 0 fully saturated rings. The predicted octanol–water partition coefficient (Wildman–Crippen LogP) is 3.10. The molecule has 2 rings (SSSR count). The fourth-order valence-electron chi connectivity index (χ4n) is 1.63. The lowest BCUT2D eigenvalue weighted by Gasteiger charge is -2.08. The van der Waals surface area contributed by atoms with Crippen molar-refractivity contribution in [1.82, 2.24) is 5.48 Å². The van der Waals surface area contributed by atoms with Gasteiger partial charge in [-0.1, -0.05) is 30.3 Å². The van der Waals surface area contributed by atoms with Crippen LogP contribution in [0.25, 0.3) is 5.76 Å². The summed E-state index contributed by atoms with van der Waals surface area (Å²) in [4.78, 5) is 11.8. The van der Waals surface area contributed by atoms with E-state index >= 15 is 0 Å². The highest BCUT2D eigenvalue weighted by Gasteiger charge is 2.14. The van der Waals surface area contributed by atoms with Crippen LogP contribution in [0.5, 0.6) is 0 Å². The first-order chi connectivity index (χ1) is 10.6. The summed E-state index contributed by atoms with van der Waals surface area (Å²) in [6.45, 7) is 0. The summed E-state index contributed by atoms with van der Waals surface area (Å²) >= 11 is 1.32. The number of carbonyl (C=O) groups is 1. The van der Waals surface area contributed by atoms with Crippen LogP contribution < -0.4 is 10.2 Å². The molecule has 0 radical (unpaired) electrons. The summed E-state index contributed by atoms with van der Waals surface area (Å²) in [7, 11) is 0. The zero-order valence-electron chi connectivity index (χ0n) is 11.4. The third-order valence-corrected chi connectivity index (χ3v) is 3.54. The van der Waals surface area contributed by atoms with Crippen molar-refractivity contribution in [2.75, 3.05) is 4.72 Å². The largest absolute Gasteiger partial charge is 0.504 e. The minimum Gasteiger partial charge on any atom is -0.504 e. The Labute approximate surface area is 131 Å². The second-order valence-corrected chi connectivity index (χ2v) is 5.12. The number of hydrogen-bond donors (Lipinski definition) is 5. The van der Waals surface area contributed by atoms with Gasteiger partial charge in [-0.3, -0.25) is 10.0 Å². The van der Waals surface area contributed by atoms with Gasteiger partial charge in [-0.05, 0) is 36.2 Å². The molecule has 2 aromatic rings. The molecule has 5 N–H and O–H groups in total. The van der Waals surface area contributed by atoms with Crippen LogP contribution in [0.2, 0.25) is 0 Å². The van der Waals surface area contributed by atoms with Crippen LogP contribution in [0.4, 0.5) is 5.69 Å². The van der Waals surface area contributed by atoms with Crippen LogP contribution in [-0.4, -0.2) is 21.3 Å². The van der Waals surface area contributed by atoms with Gasteiger partial charge < -0.3 is 14.9 Å². The Kier molecular flexibility index (Phi) is 5.29. The van der Waals surface area contributed by atoms with E-state index in [-0.39, 0.29) is 5.56 Å². The number of rotatable bonds is 5. The first-order valence-electron chi connectivity index (χ1n) is 6.27. The molecule has 1 amide bonds. The highest BCUT2D eigenvalue weighted by Crippen LogP contribution is 2.24. The molecular formula is C15H14N2O4S. The maximum absolute atomic E-state index is 11.1. The molecule has 2 aromatic carbocycles. The Bertz CT molecular complexity index is 689. The topological polar surface area (TPSA) is 102 Å². The Morgan fingerprint density at radius 1 is 1.00 bits per heavy atom. The summed E-state index contributed by atoms with van der Waals surface area (Å²) in [5.41, 5.74) is 2.42. The fraction of sp³-hybridized carbons (Fsp3) is 0. The van der Waals surface area contributed by atoms with Crippen LogP contribution in [-0.2, 0) is 4.79 Å². The molecule has 6 nitrogen and oxygen atoms in total. The minimum atomic E-state index is -1.18. The fourth-order valence-corrected chi connectivity index (χ4v) is 2.33. The molecule has 7 heteroatoms. The molecule has 0 heterocycles. The lowest BCUT2D eigenvalue weighted by Crippen LogP contribution is -2.21. The Morgan fingerprint density at radius 3 is 2.41 bits per heavy atom. The average Bonchev–Trinajstić information content (AvgIpc) is 2.59. The van der Waals surface area contributed by atoms with Crippen LogP contribution in [0, 0.1) is 0 Å². The van der Waals surface area contributed by atoms with Gasteiger partial charge in [0.1, 0.15) is 0 Å². The molecule has 114 valence electrons. The number of para-hydroxylation sites is 1. The summed E-state index contributed by atoms with van der Waals surface area (Å²) in [6.07, 6.45) is 0. The number of aliphatic hydroxyl groups excluding tert-OH is 2. The summed E-state index contributed by atoms with van der Waals surface area (Å²) in [5.74, 6) is -2.76. The van der Waals surface area contributed by atoms with Crippen molar-refractivity contribution in [3.63, 3.8) is 0 Å². The molecule has 22 heavy (non-hydrogen) atoms. The van der Waals surface area contributed by atoms with E-state index in [1.54, 1.807) is 18.2 Å². The van der Waals surface area contributed by atoms with Gasteiger partial charge in [0.25, 0.3) is 0 Å². The SMILES string of the molecule is O=C(NO)/C(O)=C(\O)c1cccc(SNc2ccccc2)c1. The van der Waals surface area contributed by atoms with E-state index in [1.807, 2.05) is 30.3 Å². The van der Waals surface area contributed by atoms with Crippen molar-refractivity contribution < 1.29 is 20.2 Å². The van der Waals surface area contributed by atoms with Gasteiger partial charge in [0, 0.05) is 16.1 Å². The van der Waals surface area contributed by atoms with Crippen LogP contribution in [0.1, 0.15) is 5.56 Å². The summed E-state index contributed by atoms with van der Waals surface area (Å²) in [6, 6.07) is 16.1. The summed E-state index contributed by atoms with van der Waals surface area (Å²) < 4.78 is 3.13. The molecular weight excluding hydrogens is 304 g/mol. The number of benzene rings is 2. The van der Waals surface area contributed by atoms with Gasteiger partial charge in [0.2, 0.25) is 5.76 Å². The number of aliphatic hydroxyl groups is 2. The number of carbonyl (C=O) groups excluding carboxylic acids is 1. The van der Waals surface area contributed by atoms with E-state index in [2.05, 4.69) is 4.72 Å². The molecule has 0 aliphatic carbocycles. The van der Waals surface area contributed by atoms with E-state index in [0.717, 1.165) is 10.6 Å². The van der Waals surface area contributed by atoms with E-state index in [0.29, 0.717) is 0 Å². The number of nitrogens with one attached hydrogen (secondary N) is 2. The molecule has 0 aliphatic rings. The minimum absolute atomic E-state index is 0.251. The van der Waals surface area contributed by atoms with Gasteiger partial charge in [-0.15, -0.1) is 0 Å². The monoisotopic (exact) mass is 318 g/mol. The lowest BCUT2D eigenvalue weighted by molar-refractivity contribution is -0.127. The predicted molar refractivity (Wildman–Crippen MR) is 84.5 cm³/mol. The first kappa shape index (κ1) is 15.7. The maximum Gasteiger partial charge on any atom is 0.313 e. The molecule has 0 bridgehead atoms. The molecule has 0 atom stereocenters. The average molecular weight is 318 g/mol. The standard InChI is InChI=1S/C15H14N2O4S/c18-13(14(19)15(20)16-21)10-5-4-8-12(9-10)22-17-11-6-2-1-3-7-11/h1-9,17-19,21H,(H,16,20)/b14-13+. The van der Waals surface area contributed by atoms with Crippen LogP contribution in [0.15, 0.2) is 65.3 Å². The van der Waals surface area contributed by atoms with E-state index in [4.69, 9.17) is 5.21 Å². The summed E-state index contributed by atoms with van der Waals surface area (Å²) in [5, 5.41) is 27.7. The molecule has 0 aliphatic heterocycles. The second-order valence-electron chi connectivity index (χ2n) is 4.24. The molecule has 0 aromatic heterocycles. The van der Waals surface area contributed by atoms with Gasteiger partial charge in [0.05, 0.1) is 0 Å². The van der Waals surface area contributed by atoms with E-state index < -0.39 is 17.4 Å². The van der Waals surface area contributed by atoms with Crippen molar-refractivity contribution in [2.24, 2.45) is 0 Å². The highest BCUT2D eigenvalue weighted by molar-refractivity contribution is 8.00. The van der Waals surface area contributed by atoms with Crippen LogP contribution in [0.3, 0.4) is 0 Å². The van der Waals surface area contributed by atoms with Crippen molar-refractivity contribution >= 4 is 29.3 Å². The van der Waals surface area contributed by atoms with Crippen molar-refractivity contribution in [1.29, 1.82) is 0 Å². The first-order valence-corrected chi connectivity index (χ1v) is 7.08. The van der Waals surface area contributed by atoms with E-state index in [9.17, 15) is 15.0 Å². The quantitative estimate of drug-likeness (QED) is 0.191. The van der Waals surface area contributed by atoms with Crippen molar-refractivity contribution in [3.8, 4) is 0 Å². The zero-order valence-corrected chi connectivity index (χ0v) is 12.2. The zero-order chi connectivity index (χ0) is 15.9. The number of hydrogen-bond acceptors (Lipinski definition) is 6. The van der Waals surface area contributed by atoms with E-state index in [1.165, 1.54) is 23.5 Å². The maximum atomic E-state index is 11.1. The third-order valence-electron chi connectivity index (χ3n) is 2.71. The van der Waals surface area contributed by atoms with Gasteiger partial charge >= 0.3 is 5.91 Å². The Morgan fingerprint density at radius 2 is 1.73 bits per heavy atom. The molecule has 0 saturated carbocycles. The van der Waals surface area contributed by atoms with Crippen molar-refractivity contribution in [2.45, 2.75) is 4.90 Å². The molecule has 0 unspecified atom stereocenters. The third kappa shape index (κ3) is 3.94. The van der Waals surface area contributed by atoms with Gasteiger partial charge in [-0.25, -0.2) is 5.48 Å². The molecule has 0 saturated heterocycles. The Hall–Kier alpha value is -2.64.